The first-order valence-electron chi connectivity index (χ1n) is 4.55. The van der Waals surface area contributed by atoms with E-state index in [1.807, 2.05) is 0 Å². The Morgan fingerprint density at radius 2 is 2.12 bits per heavy atom. The van der Waals surface area contributed by atoms with E-state index in [1.54, 1.807) is 24.4 Å². The monoisotopic (exact) mass is 218 g/mol. The average Bonchev–Trinajstić information content (AvgIpc) is 2.81. The van der Waals surface area contributed by atoms with Crippen molar-refractivity contribution >= 4 is 6.21 Å². The van der Waals surface area contributed by atoms with E-state index < -0.39 is 0 Å². The first-order valence-corrected chi connectivity index (χ1v) is 4.55. The molecule has 0 atom stereocenters. The van der Waals surface area contributed by atoms with Crippen LogP contribution in [0.4, 0.5) is 0 Å². The number of nitrogens with zero attached hydrogens (tertiary/aromatic N) is 4. The molecule has 82 valence electrons. The minimum atomic E-state index is 0.101. The van der Waals surface area contributed by atoms with Crippen molar-refractivity contribution in [2.45, 2.75) is 0 Å². The van der Waals surface area contributed by atoms with Crippen LogP contribution in [-0.4, -0.2) is 33.3 Å². The van der Waals surface area contributed by atoms with Crippen LogP contribution in [0.3, 0.4) is 0 Å². The predicted octanol–water partition coefficient (Wildman–Crippen LogP) is 0.875. The zero-order valence-corrected chi connectivity index (χ0v) is 8.61. The number of phenolic OH excluding ortho intramolecular Hbond substituents is 1. The summed E-state index contributed by atoms with van der Waals surface area (Å²) in [6.45, 7) is 0. The third-order valence-electron chi connectivity index (χ3n) is 1.95. The van der Waals surface area contributed by atoms with Gasteiger partial charge in [0.1, 0.15) is 12.7 Å². The van der Waals surface area contributed by atoms with Crippen molar-refractivity contribution in [3.8, 4) is 11.5 Å². The zero-order valence-electron chi connectivity index (χ0n) is 8.61. The molecular formula is C10H10N4O2. The Balaban J connectivity index is 2.22. The minimum Gasteiger partial charge on any atom is -0.504 e. The Morgan fingerprint density at radius 1 is 1.38 bits per heavy atom. The molecule has 0 radical (unpaired) electrons. The third kappa shape index (κ3) is 2.17. The quantitative estimate of drug-likeness (QED) is 0.776. The molecule has 0 aliphatic rings. The lowest BCUT2D eigenvalue weighted by Crippen LogP contribution is -1.89. The van der Waals surface area contributed by atoms with E-state index >= 15 is 0 Å². The molecule has 1 aromatic carbocycles. The van der Waals surface area contributed by atoms with Crippen LogP contribution < -0.4 is 4.74 Å². The predicted molar refractivity (Wildman–Crippen MR) is 57.7 cm³/mol. The summed E-state index contributed by atoms with van der Waals surface area (Å²) < 4.78 is 6.45. The molecule has 0 aliphatic heterocycles. The molecule has 6 nitrogen and oxygen atoms in total. The van der Waals surface area contributed by atoms with E-state index in [0.29, 0.717) is 5.75 Å². The summed E-state index contributed by atoms with van der Waals surface area (Å²) in [6.07, 6.45) is 4.58. The summed E-state index contributed by atoms with van der Waals surface area (Å²) in [5.74, 6) is 0.511. The second-order valence-corrected chi connectivity index (χ2v) is 3.02. The second-order valence-electron chi connectivity index (χ2n) is 3.02. The van der Waals surface area contributed by atoms with Gasteiger partial charge in [-0.2, -0.15) is 5.10 Å². The molecule has 1 heterocycles. The van der Waals surface area contributed by atoms with Crippen LogP contribution in [0, 0.1) is 0 Å². The highest BCUT2D eigenvalue weighted by Gasteiger charge is 2.00. The summed E-state index contributed by atoms with van der Waals surface area (Å²) >= 11 is 0. The van der Waals surface area contributed by atoms with Gasteiger partial charge in [-0.1, -0.05) is 0 Å². The standard InChI is InChI=1S/C10H10N4O2/c1-16-10-4-8(2-3-9(10)15)5-13-14-6-11-12-7-14/h2-7,15H,1H3/b13-5+. The molecule has 2 rings (SSSR count). The summed E-state index contributed by atoms with van der Waals surface area (Å²) in [5.41, 5.74) is 0.809. The Bertz CT molecular complexity index is 494. The fourth-order valence-electron chi connectivity index (χ4n) is 1.16. The minimum absolute atomic E-state index is 0.101. The van der Waals surface area contributed by atoms with Crippen LogP contribution in [0.15, 0.2) is 36.0 Å². The lowest BCUT2D eigenvalue weighted by Gasteiger charge is -2.03. The molecule has 0 fully saturated rings. The van der Waals surface area contributed by atoms with E-state index in [4.69, 9.17) is 4.74 Å². The van der Waals surface area contributed by atoms with Gasteiger partial charge in [0.05, 0.1) is 13.3 Å². The first kappa shape index (κ1) is 10.2. The lowest BCUT2D eigenvalue weighted by atomic mass is 10.2. The van der Waals surface area contributed by atoms with Crippen molar-refractivity contribution in [1.82, 2.24) is 14.9 Å². The molecule has 1 aromatic heterocycles. The fraction of sp³-hybridized carbons (Fsp3) is 0.100. The maximum atomic E-state index is 9.39. The van der Waals surface area contributed by atoms with Crippen molar-refractivity contribution in [2.24, 2.45) is 5.10 Å². The summed E-state index contributed by atoms with van der Waals surface area (Å²) in [4.78, 5) is 0. The van der Waals surface area contributed by atoms with E-state index in [9.17, 15) is 5.11 Å². The molecule has 0 bridgehead atoms. The van der Waals surface area contributed by atoms with E-state index in [2.05, 4.69) is 15.3 Å². The summed E-state index contributed by atoms with van der Waals surface area (Å²) in [7, 11) is 1.50. The second kappa shape index (κ2) is 4.43. The number of aromatic nitrogens is 3. The average molecular weight is 218 g/mol. The molecule has 0 unspecified atom stereocenters. The number of phenols is 1. The highest BCUT2D eigenvalue weighted by atomic mass is 16.5. The van der Waals surface area contributed by atoms with Gasteiger partial charge in [-0.25, -0.2) is 4.68 Å². The zero-order chi connectivity index (χ0) is 11.4. The molecule has 0 saturated heterocycles. The number of rotatable bonds is 3. The maximum absolute atomic E-state index is 9.39. The van der Waals surface area contributed by atoms with Gasteiger partial charge < -0.3 is 9.84 Å². The molecule has 2 aromatic rings. The summed E-state index contributed by atoms with van der Waals surface area (Å²) in [5, 5.41) is 20.7. The number of ether oxygens (including phenoxy) is 1. The molecule has 16 heavy (non-hydrogen) atoms. The van der Waals surface area contributed by atoms with Gasteiger partial charge in [-0.3, -0.25) is 0 Å². The van der Waals surface area contributed by atoms with Gasteiger partial charge in [0, 0.05) is 0 Å². The highest BCUT2D eigenvalue weighted by molar-refractivity contribution is 5.80. The maximum Gasteiger partial charge on any atom is 0.161 e. The topological polar surface area (TPSA) is 72.5 Å². The highest BCUT2D eigenvalue weighted by Crippen LogP contribution is 2.25. The van der Waals surface area contributed by atoms with Crippen molar-refractivity contribution < 1.29 is 9.84 Å². The van der Waals surface area contributed by atoms with Crippen LogP contribution in [0.25, 0.3) is 0 Å². The molecule has 6 heteroatoms. The van der Waals surface area contributed by atoms with Crippen molar-refractivity contribution in [2.75, 3.05) is 7.11 Å². The van der Waals surface area contributed by atoms with Crippen LogP contribution in [-0.2, 0) is 0 Å². The smallest absolute Gasteiger partial charge is 0.161 e. The van der Waals surface area contributed by atoms with Crippen molar-refractivity contribution in [3.63, 3.8) is 0 Å². The van der Waals surface area contributed by atoms with Crippen molar-refractivity contribution in [3.05, 3.63) is 36.4 Å². The molecule has 0 saturated carbocycles. The van der Waals surface area contributed by atoms with Crippen LogP contribution in [0.5, 0.6) is 11.5 Å². The van der Waals surface area contributed by atoms with Crippen LogP contribution >= 0.6 is 0 Å². The van der Waals surface area contributed by atoms with Gasteiger partial charge >= 0.3 is 0 Å². The number of hydrogen-bond acceptors (Lipinski definition) is 5. The Kier molecular flexibility index (Phi) is 2.81. The SMILES string of the molecule is COc1cc(/C=N/n2cnnc2)ccc1O. The molecular weight excluding hydrogens is 208 g/mol. The van der Waals surface area contributed by atoms with Crippen LogP contribution in [0.2, 0.25) is 0 Å². The largest absolute Gasteiger partial charge is 0.504 e. The fourth-order valence-corrected chi connectivity index (χ4v) is 1.16. The number of benzene rings is 1. The van der Waals surface area contributed by atoms with E-state index in [-0.39, 0.29) is 5.75 Å². The van der Waals surface area contributed by atoms with Gasteiger partial charge in [0.25, 0.3) is 0 Å². The number of hydrogen-bond donors (Lipinski definition) is 1. The molecule has 0 spiro atoms. The van der Waals surface area contributed by atoms with Gasteiger partial charge in [0.15, 0.2) is 11.5 Å². The molecule has 0 aliphatic carbocycles. The van der Waals surface area contributed by atoms with Gasteiger partial charge in [0.2, 0.25) is 0 Å². The Hall–Kier alpha value is -2.37. The molecule has 0 amide bonds. The van der Waals surface area contributed by atoms with E-state index in [0.717, 1.165) is 5.56 Å². The molecule has 1 N–H and O–H groups in total. The van der Waals surface area contributed by atoms with Crippen LogP contribution in [0.1, 0.15) is 5.56 Å². The lowest BCUT2D eigenvalue weighted by molar-refractivity contribution is 0.373. The van der Waals surface area contributed by atoms with E-state index in [1.165, 1.54) is 24.4 Å². The number of methoxy groups -OCH3 is 1. The first-order chi connectivity index (χ1) is 7.79. The van der Waals surface area contributed by atoms with Gasteiger partial charge in [-0.15, -0.1) is 10.2 Å². The summed E-state index contributed by atoms with van der Waals surface area (Å²) in [6, 6.07) is 4.96. The Morgan fingerprint density at radius 3 is 2.81 bits per heavy atom. The number of aromatic hydroxyl groups is 1. The Labute approximate surface area is 91.8 Å². The van der Waals surface area contributed by atoms with Crippen molar-refractivity contribution in [1.29, 1.82) is 0 Å². The normalized spacial score (nSPS) is 10.8. The van der Waals surface area contributed by atoms with Gasteiger partial charge in [-0.05, 0) is 23.8 Å². The third-order valence-corrected chi connectivity index (χ3v) is 1.95.